The first-order valence-electron chi connectivity index (χ1n) is 17.0. The number of nitrogens with one attached hydrogen (secondary N) is 3. The van der Waals surface area contributed by atoms with E-state index in [1.54, 1.807) is 11.8 Å². The summed E-state index contributed by atoms with van der Waals surface area (Å²) in [6.07, 6.45) is 5.74. The normalized spacial score (nSPS) is 17.9. The summed E-state index contributed by atoms with van der Waals surface area (Å²) in [5.74, 6) is -0.288. The number of nitrogens with zero attached hydrogens (tertiary/aromatic N) is 2. The fourth-order valence-corrected chi connectivity index (χ4v) is 7.16. The molecule has 5 aromatic rings. The summed E-state index contributed by atoms with van der Waals surface area (Å²) in [4.78, 5) is 53.3. The highest BCUT2D eigenvalue weighted by atomic mass is 16.5. The molecule has 4 heterocycles. The molecular weight excluding hydrogens is 614 g/mol. The van der Waals surface area contributed by atoms with Gasteiger partial charge in [0, 0.05) is 29.6 Å². The number of H-pyrrole nitrogens is 2. The van der Waals surface area contributed by atoms with Crippen LogP contribution in [0.5, 0.6) is 0 Å². The van der Waals surface area contributed by atoms with Gasteiger partial charge in [0.2, 0.25) is 5.91 Å². The van der Waals surface area contributed by atoms with Crippen molar-refractivity contribution >= 4 is 28.6 Å². The molecule has 0 radical (unpaired) electrons. The van der Waals surface area contributed by atoms with Crippen molar-refractivity contribution in [2.24, 2.45) is 0 Å². The molecule has 7 rings (SSSR count). The fraction of sp³-hybridized carbons (Fsp3) is 0.350. The van der Waals surface area contributed by atoms with Crippen LogP contribution >= 0.6 is 0 Å². The van der Waals surface area contributed by atoms with E-state index in [2.05, 4.69) is 56.7 Å². The molecule has 2 aliphatic rings. The van der Waals surface area contributed by atoms with Crippen molar-refractivity contribution < 1.29 is 19.1 Å². The number of Topliss-reactive ketones (excluding diaryl/α,β-unsaturated/α-hetero) is 1. The second-order valence-corrected chi connectivity index (χ2v) is 12.8. The van der Waals surface area contributed by atoms with Crippen molar-refractivity contribution in [2.45, 2.75) is 70.9 Å². The van der Waals surface area contributed by atoms with E-state index in [1.165, 1.54) is 6.42 Å². The van der Waals surface area contributed by atoms with Crippen LogP contribution in [-0.4, -0.2) is 63.2 Å². The van der Waals surface area contributed by atoms with Crippen LogP contribution in [0.4, 0.5) is 0 Å². The minimum Gasteiger partial charge on any atom is -0.466 e. The van der Waals surface area contributed by atoms with E-state index in [1.807, 2.05) is 48.7 Å². The Hall–Kier alpha value is -5.02. The molecule has 1 amide bonds. The van der Waals surface area contributed by atoms with E-state index in [0.717, 1.165) is 69.8 Å². The third-order valence-electron chi connectivity index (χ3n) is 9.64. The topological polar surface area (TPSA) is 120 Å². The fourth-order valence-electron chi connectivity index (χ4n) is 7.16. The zero-order valence-corrected chi connectivity index (χ0v) is 27.2. The number of ether oxygens (including phenoxy) is 1. The second kappa shape index (κ2) is 15.0. The number of benzene rings is 3. The van der Waals surface area contributed by atoms with Gasteiger partial charge in [0.05, 0.1) is 42.9 Å². The summed E-state index contributed by atoms with van der Waals surface area (Å²) in [5, 5.41) is 4.52. The number of hydrogen-bond acceptors (Lipinski definition) is 6. The van der Waals surface area contributed by atoms with E-state index >= 15 is 0 Å². The summed E-state index contributed by atoms with van der Waals surface area (Å²) >= 11 is 0. The van der Waals surface area contributed by atoms with E-state index < -0.39 is 17.9 Å². The number of aromatic nitrogens is 3. The zero-order valence-electron chi connectivity index (χ0n) is 27.2. The molecule has 254 valence electrons. The molecule has 0 aliphatic carbocycles. The molecule has 3 aromatic carbocycles. The van der Waals surface area contributed by atoms with Gasteiger partial charge in [-0.2, -0.15) is 0 Å². The van der Waals surface area contributed by atoms with Gasteiger partial charge in [-0.05, 0) is 79.6 Å². The highest BCUT2D eigenvalue weighted by Crippen LogP contribution is 2.31. The average Bonchev–Trinajstić information content (AvgIpc) is 3.94. The quantitative estimate of drug-likeness (QED) is 0.130. The van der Waals surface area contributed by atoms with E-state index in [9.17, 15) is 14.4 Å². The Labute approximate surface area is 287 Å². The highest BCUT2D eigenvalue weighted by Gasteiger charge is 2.38. The van der Waals surface area contributed by atoms with Crippen LogP contribution in [0.15, 0.2) is 85.1 Å². The molecule has 0 unspecified atom stereocenters. The molecule has 0 bridgehead atoms. The second-order valence-electron chi connectivity index (χ2n) is 12.8. The first-order valence-corrected chi connectivity index (χ1v) is 17.0. The lowest BCUT2D eigenvalue weighted by atomic mass is 9.93. The number of likely N-dealkylation sites (tertiary alicyclic amines) is 1. The van der Waals surface area contributed by atoms with Crippen molar-refractivity contribution in [3.63, 3.8) is 0 Å². The molecule has 49 heavy (non-hydrogen) atoms. The number of aromatic amines is 2. The monoisotopic (exact) mass is 659 g/mol. The molecule has 0 saturated carbocycles. The number of amides is 1. The van der Waals surface area contributed by atoms with Gasteiger partial charge in [0.1, 0.15) is 5.82 Å². The van der Waals surface area contributed by atoms with E-state index in [-0.39, 0.29) is 38.6 Å². The van der Waals surface area contributed by atoms with Crippen molar-refractivity contribution in [3.05, 3.63) is 102 Å². The molecule has 2 fully saturated rings. The molecule has 3 N–H and O–H groups in total. The Morgan fingerprint density at radius 2 is 1.69 bits per heavy atom. The molecule has 9 heteroatoms. The van der Waals surface area contributed by atoms with Gasteiger partial charge in [-0.15, -0.1) is 0 Å². The van der Waals surface area contributed by atoms with Gasteiger partial charge in [-0.3, -0.25) is 14.4 Å². The van der Waals surface area contributed by atoms with Gasteiger partial charge < -0.3 is 24.9 Å². The Morgan fingerprint density at radius 1 is 0.918 bits per heavy atom. The SMILES string of the molecule is C.CCOC(=O)C[C@@H](C(=O)N1CCC[C@H]1C(=O)Cc1ccc2[nH]c(-c3ccc(-c4cnc([C@@H]5CCCN5)[nH]4)cc3)cc2c1)c1ccccc1. The summed E-state index contributed by atoms with van der Waals surface area (Å²) in [6, 6.07) is 25.7. The standard InChI is InChI=1S/C39H41N5O4.CH4/c1-2-48-37(46)23-30(26-8-4-3-5-9-26)39(47)44-19-7-11-35(44)36(45)21-25-12-17-31-29(20-25)22-33(42-31)27-13-15-28(16-14-27)34-24-41-38(43-34)32-10-6-18-40-32;/h3-5,8-9,12-17,20,22,24,30,32,35,40,42H,2,6-7,10-11,18-19,21,23H2,1H3,(H,41,43);1H4/t30-,32+,35+;/m1./s1. The summed E-state index contributed by atoms with van der Waals surface area (Å²) in [5.41, 5.74) is 6.82. The van der Waals surface area contributed by atoms with E-state index in [0.29, 0.717) is 19.0 Å². The minimum absolute atomic E-state index is 0. The lowest BCUT2D eigenvalue weighted by Gasteiger charge is -2.28. The third kappa shape index (κ3) is 7.37. The van der Waals surface area contributed by atoms with Crippen LogP contribution < -0.4 is 5.32 Å². The van der Waals surface area contributed by atoms with Gasteiger partial charge in [-0.1, -0.05) is 68.1 Å². The first-order chi connectivity index (χ1) is 23.5. The highest BCUT2D eigenvalue weighted by molar-refractivity contribution is 5.95. The van der Waals surface area contributed by atoms with E-state index in [4.69, 9.17) is 4.74 Å². The molecule has 2 saturated heterocycles. The predicted octanol–water partition coefficient (Wildman–Crippen LogP) is 7.13. The summed E-state index contributed by atoms with van der Waals surface area (Å²) < 4.78 is 5.18. The molecule has 0 spiro atoms. The maximum absolute atomic E-state index is 13.9. The average molecular weight is 660 g/mol. The lowest BCUT2D eigenvalue weighted by Crippen LogP contribution is -2.44. The molecule has 9 nitrogen and oxygen atoms in total. The molecule has 3 atom stereocenters. The molecule has 2 aliphatic heterocycles. The summed E-state index contributed by atoms with van der Waals surface area (Å²) in [7, 11) is 0. The van der Waals surface area contributed by atoms with Gasteiger partial charge in [-0.25, -0.2) is 4.98 Å². The summed E-state index contributed by atoms with van der Waals surface area (Å²) in [6.45, 7) is 3.54. The maximum Gasteiger partial charge on any atom is 0.306 e. The number of hydrogen-bond donors (Lipinski definition) is 3. The van der Waals surface area contributed by atoms with Crippen LogP contribution in [0, 0.1) is 0 Å². The number of esters is 1. The Bertz CT molecular complexity index is 1910. The smallest absolute Gasteiger partial charge is 0.306 e. The van der Waals surface area contributed by atoms with Crippen LogP contribution in [0.25, 0.3) is 33.4 Å². The van der Waals surface area contributed by atoms with Crippen LogP contribution in [0.3, 0.4) is 0 Å². The number of carbonyl (C=O) groups excluding carboxylic acids is 3. The Balaban J connectivity index is 0.00000417. The van der Waals surface area contributed by atoms with Gasteiger partial charge in [0.15, 0.2) is 5.78 Å². The maximum atomic E-state index is 13.9. The largest absolute Gasteiger partial charge is 0.466 e. The number of carbonyl (C=O) groups is 3. The minimum atomic E-state index is -0.687. The molecule has 2 aromatic heterocycles. The van der Waals surface area contributed by atoms with Crippen molar-refractivity contribution in [2.75, 3.05) is 19.7 Å². The number of fused-ring (bicyclic) bond motifs is 1. The van der Waals surface area contributed by atoms with Crippen LogP contribution in [-0.2, 0) is 25.5 Å². The van der Waals surface area contributed by atoms with Crippen LogP contribution in [0.2, 0.25) is 0 Å². The van der Waals surface area contributed by atoms with Crippen molar-refractivity contribution in [3.8, 4) is 22.5 Å². The lowest BCUT2D eigenvalue weighted by molar-refractivity contribution is -0.147. The zero-order chi connectivity index (χ0) is 33.0. The van der Waals surface area contributed by atoms with Crippen molar-refractivity contribution in [1.82, 2.24) is 25.2 Å². The number of imidazole rings is 1. The van der Waals surface area contributed by atoms with Gasteiger partial charge in [0.25, 0.3) is 0 Å². The van der Waals surface area contributed by atoms with Crippen molar-refractivity contribution in [1.29, 1.82) is 0 Å². The number of rotatable bonds is 11. The molecular formula is C40H45N5O4. The predicted molar refractivity (Wildman–Crippen MR) is 192 cm³/mol. The number of ketones is 1. The first kappa shape index (κ1) is 33.9. The Morgan fingerprint density at radius 3 is 2.43 bits per heavy atom. The Kier molecular flexibility index (Phi) is 10.4. The van der Waals surface area contributed by atoms with Crippen LogP contribution in [0.1, 0.15) is 75.4 Å². The van der Waals surface area contributed by atoms with Gasteiger partial charge >= 0.3 is 5.97 Å². The third-order valence-corrected chi connectivity index (χ3v) is 9.64.